The molecule has 7 nitrogen and oxygen atoms in total. The van der Waals surface area contributed by atoms with E-state index < -0.39 is 23.6 Å². The number of rotatable bonds is 8. The van der Waals surface area contributed by atoms with Crippen molar-refractivity contribution in [1.82, 2.24) is 4.90 Å². The van der Waals surface area contributed by atoms with E-state index >= 15 is 0 Å². The Balaban J connectivity index is 2.10. The molecule has 0 bridgehead atoms. The molecule has 0 spiro atoms. The van der Waals surface area contributed by atoms with Crippen LogP contribution in [0.2, 0.25) is 0 Å². The summed E-state index contributed by atoms with van der Waals surface area (Å²) in [6, 6.07) is 8.45. The summed E-state index contributed by atoms with van der Waals surface area (Å²) < 4.78 is 51.3. The molecule has 0 atom stereocenters. The highest BCUT2D eigenvalue weighted by Crippen LogP contribution is 2.40. The summed E-state index contributed by atoms with van der Waals surface area (Å²) in [5.41, 5.74) is 0.342. The van der Waals surface area contributed by atoms with Gasteiger partial charge in [-0.2, -0.15) is 13.2 Å². The maximum Gasteiger partial charge on any atom is 0.416 e. The van der Waals surface area contributed by atoms with E-state index in [0.29, 0.717) is 5.75 Å². The predicted molar refractivity (Wildman–Crippen MR) is 123 cm³/mol. The summed E-state index contributed by atoms with van der Waals surface area (Å²) in [7, 11) is 1.14. The third kappa shape index (κ3) is 5.76. The second-order valence-electron chi connectivity index (χ2n) is 8.43. The van der Waals surface area contributed by atoms with Gasteiger partial charge in [-0.3, -0.25) is 4.79 Å². The number of alkyl halides is 3. The number of aryl methyl sites for hydroxylation is 1. The molecule has 0 aromatic heterocycles. The predicted octanol–water partition coefficient (Wildman–Crippen LogP) is 4.60. The van der Waals surface area contributed by atoms with E-state index in [1.54, 1.807) is 6.07 Å². The van der Waals surface area contributed by atoms with E-state index in [0.717, 1.165) is 30.4 Å². The van der Waals surface area contributed by atoms with Crippen molar-refractivity contribution in [2.75, 3.05) is 32.1 Å². The maximum absolute atomic E-state index is 13.5. The molecule has 35 heavy (non-hydrogen) atoms. The summed E-state index contributed by atoms with van der Waals surface area (Å²) in [4.78, 5) is 26.4. The van der Waals surface area contributed by atoms with Gasteiger partial charge in [-0.15, -0.1) is 0 Å². The van der Waals surface area contributed by atoms with Crippen LogP contribution >= 0.6 is 0 Å². The average Bonchev–Trinajstić information content (AvgIpc) is 3.09. The topological polar surface area (TPSA) is 88.1 Å². The largest absolute Gasteiger partial charge is 0.466 e. The van der Waals surface area contributed by atoms with Gasteiger partial charge in [-0.25, -0.2) is 4.79 Å². The van der Waals surface area contributed by atoms with Gasteiger partial charge < -0.3 is 24.8 Å². The quantitative estimate of drug-likeness (QED) is 0.524. The van der Waals surface area contributed by atoms with Gasteiger partial charge in [-0.1, -0.05) is 26.0 Å². The molecule has 0 aliphatic carbocycles. The highest BCUT2D eigenvalue weighted by atomic mass is 19.4. The number of carbonyl (C=O) groups is 2. The number of aliphatic hydroxyl groups is 1. The number of β-amino-alcohol motifs (C(OH)–C–C–N with tert-alkyl or cyclic N) is 1. The second-order valence-corrected chi connectivity index (χ2v) is 8.43. The molecule has 1 heterocycles. The van der Waals surface area contributed by atoms with Crippen molar-refractivity contribution in [3.63, 3.8) is 0 Å². The van der Waals surface area contributed by atoms with E-state index in [4.69, 9.17) is 9.47 Å². The van der Waals surface area contributed by atoms with Crippen molar-refractivity contribution < 1.29 is 37.3 Å². The van der Waals surface area contributed by atoms with Gasteiger partial charge in [0.25, 0.3) is 5.91 Å². The minimum atomic E-state index is -4.65. The molecule has 2 aromatic rings. The summed E-state index contributed by atoms with van der Waals surface area (Å²) in [5, 5.41) is 11.9. The van der Waals surface area contributed by atoms with Crippen molar-refractivity contribution in [1.29, 1.82) is 0 Å². The van der Waals surface area contributed by atoms with Crippen LogP contribution in [0.5, 0.6) is 11.5 Å². The fourth-order valence-electron chi connectivity index (χ4n) is 3.70. The smallest absolute Gasteiger partial charge is 0.416 e. The zero-order valence-corrected chi connectivity index (χ0v) is 19.8. The molecule has 10 heteroatoms. The molecule has 0 saturated carbocycles. The SMILES string of the molecule is COC(=O)C1=C(Nc2cc(C(F)(F)F)ccc2Oc2cc(C)ccc2C(C)C)C(=O)N(CCO)C1. The van der Waals surface area contributed by atoms with Crippen LogP contribution in [0.25, 0.3) is 0 Å². The molecular weight excluding hydrogens is 465 g/mol. The van der Waals surface area contributed by atoms with E-state index in [1.807, 2.05) is 32.9 Å². The number of methoxy groups -OCH3 is 1. The number of ether oxygens (including phenoxy) is 2. The van der Waals surface area contributed by atoms with Crippen molar-refractivity contribution in [2.45, 2.75) is 32.9 Å². The van der Waals surface area contributed by atoms with Gasteiger partial charge in [0.1, 0.15) is 11.4 Å². The Morgan fingerprint density at radius 2 is 1.89 bits per heavy atom. The molecule has 2 aromatic carbocycles. The summed E-state index contributed by atoms with van der Waals surface area (Å²) in [6.07, 6.45) is -4.65. The Hall–Kier alpha value is -3.53. The Morgan fingerprint density at radius 1 is 1.17 bits per heavy atom. The Labute approximate surface area is 201 Å². The standard InChI is InChI=1S/C25H27F3N2O5/c1-14(2)17-7-5-15(3)11-21(17)35-20-8-6-16(25(26,27)28)12-19(20)29-22-18(24(33)34-4)13-30(9-10-31)23(22)32/h5-8,11-12,14,29,31H,9-10,13H2,1-4H3. The highest BCUT2D eigenvalue weighted by molar-refractivity contribution is 6.08. The zero-order chi connectivity index (χ0) is 25.9. The van der Waals surface area contributed by atoms with Crippen molar-refractivity contribution in [3.8, 4) is 11.5 Å². The molecule has 1 aliphatic rings. The number of carbonyl (C=O) groups excluding carboxylic acids is 2. The molecule has 188 valence electrons. The van der Waals surface area contributed by atoms with E-state index in [9.17, 15) is 27.9 Å². The molecule has 2 N–H and O–H groups in total. The molecule has 0 fully saturated rings. The number of amides is 1. The lowest BCUT2D eigenvalue weighted by Gasteiger charge is -2.19. The average molecular weight is 492 g/mol. The molecule has 3 rings (SSSR count). The maximum atomic E-state index is 13.5. The number of esters is 1. The Kier molecular flexibility index (Phi) is 7.74. The zero-order valence-electron chi connectivity index (χ0n) is 19.8. The van der Waals surface area contributed by atoms with Crippen LogP contribution in [-0.2, 0) is 20.5 Å². The number of hydrogen-bond acceptors (Lipinski definition) is 6. The fourth-order valence-corrected chi connectivity index (χ4v) is 3.70. The van der Waals surface area contributed by atoms with Crippen LogP contribution < -0.4 is 10.1 Å². The number of hydrogen-bond donors (Lipinski definition) is 2. The van der Waals surface area contributed by atoms with Crippen molar-refractivity contribution >= 4 is 17.6 Å². The molecule has 0 saturated heterocycles. The van der Waals surface area contributed by atoms with Crippen LogP contribution in [0.15, 0.2) is 47.7 Å². The third-order valence-electron chi connectivity index (χ3n) is 5.53. The van der Waals surface area contributed by atoms with Gasteiger partial charge in [0.15, 0.2) is 5.75 Å². The van der Waals surface area contributed by atoms with Crippen LogP contribution in [0.1, 0.15) is 36.5 Å². The molecule has 1 amide bonds. The Bertz CT molecular complexity index is 1160. The normalized spacial score (nSPS) is 14.1. The minimum Gasteiger partial charge on any atom is -0.466 e. The number of halogens is 3. The van der Waals surface area contributed by atoms with Gasteiger partial charge >= 0.3 is 12.1 Å². The first-order valence-electron chi connectivity index (χ1n) is 10.9. The fraction of sp³-hybridized carbons (Fsp3) is 0.360. The van der Waals surface area contributed by atoms with Crippen LogP contribution in [0.4, 0.5) is 18.9 Å². The first-order valence-corrected chi connectivity index (χ1v) is 10.9. The van der Waals surface area contributed by atoms with Crippen LogP contribution in [0.3, 0.4) is 0 Å². The Morgan fingerprint density at radius 3 is 2.49 bits per heavy atom. The number of nitrogens with zero attached hydrogens (tertiary/aromatic N) is 1. The van der Waals surface area contributed by atoms with Gasteiger partial charge in [0, 0.05) is 6.54 Å². The second kappa shape index (κ2) is 10.4. The first-order chi connectivity index (χ1) is 16.5. The monoisotopic (exact) mass is 492 g/mol. The molecular formula is C25H27F3N2O5. The lowest BCUT2D eigenvalue weighted by molar-refractivity contribution is -0.138. The van der Waals surface area contributed by atoms with Crippen LogP contribution in [-0.4, -0.2) is 48.7 Å². The molecule has 0 radical (unpaired) electrons. The van der Waals surface area contributed by atoms with Gasteiger partial charge in [0.2, 0.25) is 0 Å². The highest BCUT2D eigenvalue weighted by Gasteiger charge is 2.36. The van der Waals surface area contributed by atoms with Crippen LogP contribution in [0, 0.1) is 6.92 Å². The van der Waals surface area contributed by atoms with Gasteiger partial charge in [-0.05, 0) is 48.2 Å². The lowest BCUT2D eigenvalue weighted by Crippen LogP contribution is -2.31. The molecule has 0 unspecified atom stereocenters. The number of nitrogens with one attached hydrogen (secondary N) is 1. The minimum absolute atomic E-state index is 0.0376. The van der Waals surface area contributed by atoms with Crippen molar-refractivity contribution in [3.05, 3.63) is 64.4 Å². The molecule has 1 aliphatic heterocycles. The van der Waals surface area contributed by atoms with E-state index in [1.165, 1.54) is 11.0 Å². The summed E-state index contributed by atoms with van der Waals surface area (Å²) in [6.45, 7) is 5.23. The first kappa shape index (κ1) is 26.1. The van der Waals surface area contributed by atoms with E-state index in [2.05, 4.69) is 5.32 Å². The third-order valence-corrected chi connectivity index (χ3v) is 5.53. The number of benzene rings is 2. The van der Waals surface area contributed by atoms with E-state index in [-0.39, 0.29) is 48.3 Å². The summed E-state index contributed by atoms with van der Waals surface area (Å²) >= 11 is 0. The van der Waals surface area contributed by atoms with Crippen molar-refractivity contribution in [2.24, 2.45) is 0 Å². The number of anilines is 1. The number of aliphatic hydroxyl groups excluding tert-OH is 1. The van der Waals surface area contributed by atoms with Gasteiger partial charge in [0.05, 0.1) is 37.1 Å². The lowest BCUT2D eigenvalue weighted by atomic mass is 10.0. The summed E-state index contributed by atoms with van der Waals surface area (Å²) in [5.74, 6) is -0.883.